The van der Waals surface area contributed by atoms with E-state index in [2.05, 4.69) is 43.8 Å². The van der Waals surface area contributed by atoms with Gasteiger partial charge in [-0.3, -0.25) is 4.99 Å². The molecule has 0 amide bonds. The lowest BCUT2D eigenvalue weighted by Crippen LogP contribution is -2.37. The molecule has 1 aromatic heterocycles. The minimum absolute atomic E-state index is 0. The normalized spacial score (nSPS) is 14.3. The van der Waals surface area contributed by atoms with Crippen LogP contribution in [-0.4, -0.2) is 29.5 Å². The molecule has 1 aliphatic rings. The maximum Gasteiger partial charge on any atom is 0.191 e. The molecule has 0 bridgehead atoms. The Balaban J connectivity index is 0.00000243. The first kappa shape index (κ1) is 20.5. The van der Waals surface area contributed by atoms with Crippen molar-refractivity contribution in [2.24, 2.45) is 4.99 Å². The zero-order valence-electron chi connectivity index (χ0n) is 15.3. The number of aromatic amines is 1. The first-order valence-corrected chi connectivity index (χ1v) is 9.07. The molecule has 140 valence electrons. The van der Waals surface area contributed by atoms with Crippen molar-refractivity contribution in [1.82, 2.24) is 20.6 Å². The molecule has 0 fully saturated rings. The lowest BCUT2D eigenvalue weighted by molar-refractivity contribution is 0.664. The van der Waals surface area contributed by atoms with E-state index in [4.69, 9.17) is 0 Å². The van der Waals surface area contributed by atoms with E-state index in [0.29, 0.717) is 6.54 Å². The zero-order valence-corrected chi connectivity index (χ0v) is 17.6. The van der Waals surface area contributed by atoms with Gasteiger partial charge in [-0.15, -0.1) is 24.0 Å². The van der Waals surface area contributed by atoms with Crippen molar-refractivity contribution >= 4 is 29.9 Å². The zero-order chi connectivity index (χ0) is 17.3. The summed E-state index contributed by atoms with van der Waals surface area (Å²) in [6, 6.07) is 10.2. The number of benzene rings is 1. The molecule has 0 spiro atoms. The summed E-state index contributed by atoms with van der Waals surface area (Å²) in [6.07, 6.45) is 10.5. The van der Waals surface area contributed by atoms with Crippen molar-refractivity contribution in [3.05, 3.63) is 54.0 Å². The van der Waals surface area contributed by atoms with E-state index >= 15 is 0 Å². The molecule has 0 saturated heterocycles. The van der Waals surface area contributed by atoms with Crippen LogP contribution in [0.4, 0.5) is 0 Å². The highest BCUT2D eigenvalue weighted by molar-refractivity contribution is 14.0. The number of hydrogen-bond acceptors (Lipinski definition) is 2. The van der Waals surface area contributed by atoms with Gasteiger partial charge < -0.3 is 15.6 Å². The van der Waals surface area contributed by atoms with Gasteiger partial charge in [-0.1, -0.05) is 42.0 Å². The van der Waals surface area contributed by atoms with Crippen LogP contribution < -0.4 is 10.6 Å². The van der Waals surface area contributed by atoms with Crippen LogP contribution in [0.15, 0.2) is 53.2 Å². The number of aromatic nitrogens is 2. The topological polar surface area (TPSA) is 65.1 Å². The standard InChI is InChI=1S/C20H27N5.HI/c1-21-20(22-13-12-16-8-4-2-5-9-16)24-15-19-23-14-18(25-19)17-10-6-3-7-11-17;/h3,6-8,10-11,14H,2,4-5,9,12-13,15H2,1H3,(H,23,25)(H2,21,22,24);1H. The second-order valence-electron chi connectivity index (χ2n) is 6.32. The number of halogens is 1. The van der Waals surface area contributed by atoms with E-state index < -0.39 is 0 Å². The Morgan fingerprint density at radius 3 is 2.77 bits per heavy atom. The highest BCUT2D eigenvalue weighted by atomic mass is 127. The number of hydrogen-bond donors (Lipinski definition) is 3. The van der Waals surface area contributed by atoms with E-state index in [1.165, 1.54) is 25.7 Å². The van der Waals surface area contributed by atoms with Gasteiger partial charge in [0.15, 0.2) is 5.96 Å². The molecule has 26 heavy (non-hydrogen) atoms. The van der Waals surface area contributed by atoms with Gasteiger partial charge in [0.05, 0.1) is 18.4 Å². The molecule has 0 atom stereocenters. The lowest BCUT2D eigenvalue weighted by Gasteiger charge is -2.14. The molecule has 3 rings (SSSR count). The van der Waals surface area contributed by atoms with E-state index in [1.807, 2.05) is 24.4 Å². The minimum Gasteiger partial charge on any atom is -0.356 e. The SMILES string of the molecule is CN=C(NCCC1=CCCCC1)NCc1ncc(-c2ccccc2)[nH]1.I. The molecule has 0 unspecified atom stereocenters. The predicted molar refractivity (Wildman–Crippen MR) is 119 cm³/mol. The average Bonchev–Trinajstić information content (AvgIpc) is 3.15. The van der Waals surface area contributed by atoms with Crippen LogP contribution in [0.5, 0.6) is 0 Å². The van der Waals surface area contributed by atoms with Gasteiger partial charge in [-0.25, -0.2) is 4.98 Å². The first-order chi connectivity index (χ1) is 12.3. The maximum atomic E-state index is 4.44. The van der Waals surface area contributed by atoms with Crippen molar-refractivity contribution in [2.75, 3.05) is 13.6 Å². The second-order valence-corrected chi connectivity index (χ2v) is 6.32. The van der Waals surface area contributed by atoms with Gasteiger partial charge in [-0.05, 0) is 37.7 Å². The molecule has 0 saturated carbocycles. The number of imidazole rings is 1. The van der Waals surface area contributed by atoms with Crippen LogP contribution in [0, 0.1) is 0 Å². The van der Waals surface area contributed by atoms with E-state index in [0.717, 1.165) is 36.0 Å². The molecule has 6 heteroatoms. The Kier molecular flexibility index (Phi) is 8.67. The fourth-order valence-electron chi connectivity index (χ4n) is 3.08. The minimum atomic E-state index is 0. The third kappa shape index (κ3) is 6.16. The van der Waals surface area contributed by atoms with Crippen LogP contribution in [0.2, 0.25) is 0 Å². The Hall–Kier alpha value is -1.83. The smallest absolute Gasteiger partial charge is 0.191 e. The molecule has 0 aliphatic heterocycles. The molecule has 3 N–H and O–H groups in total. The number of nitrogens with zero attached hydrogens (tertiary/aromatic N) is 2. The van der Waals surface area contributed by atoms with Crippen molar-refractivity contribution in [1.29, 1.82) is 0 Å². The number of nitrogens with one attached hydrogen (secondary N) is 3. The van der Waals surface area contributed by atoms with Crippen molar-refractivity contribution in [3.63, 3.8) is 0 Å². The molecule has 5 nitrogen and oxygen atoms in total. The Labute approximate surface area is 172 Å². The summed E-state index contributed by atoms with van der Waals surface area (Å²) in [5, 5.41) is 6.70. The van der Waals surface area contributed by atoms with Gasteiger partial charge in [0, 0.05) is 13.6 Å². The quantitative estimate of drug-likeness (QED) is 0.259. The molecule has 2 aromatic rings. The highest BCUT2D eigenvalue weighted by Gasteiger charge is 2.06. The summed E-state index contributed by atoms with van der Waals surface area (Å²) in [4.78, 5) is 12.1. The fourth-order valence-corrected chi connectivity index (χ4v) is 3.08. The molecule has 1 aromatic carbocycles. The summed E-state index contributed by atoms with van der Waals surface area (Å²) >= 11 is 0. The Morgan fingerprint density at radius 1 is 1.19 bits per heavy atom. The van der Waals surface area contributed by atoms with Crippen molar-refractivity contribution in [3.8, 4) is 11.3 Å². The van der Waals surface area contributed by atoms with Crippen molar-refractivity contribution < 1.29 is 0 Å². The van der Waals surface area contributed by atoms with Crippen LogP contribution in [0.3, 0.4) is 0 Å². The van der Waals surface area contributed by atoms with Gasteiger partial charge >= 0.3 is 0 Å². The molecule has 1 heterocycles. The third-order valence-electron chi connectivity index (χ3n) is 4.48. The maximum absolute atomic E-state index is 4.44. The molecular formula is C20H28IN5. The highest BCUT2D eigenvalue weighted by Crippen LogP contribution is 2.19. The molecule has 1 aliphatic carbocycles. The monoisotopic (exact) mass is 465 g/mol. The van der Waals surface area contributed by atoms with Gasteiger partial charge in [-0.2, -0.15) is 0 Å². The summed E-state index contributed by atoms with van der Waals surface area (Å²) in [5.74, 6) is 1.71. The average molecular weight is 465 g/mol. The van der Waals surface area contributed by atoms with E-state index in [9.17, 15) is 0 Å². The lowest BCUT2D eigenvalue weighted by atomic mass is 9.97. The fraction of sp³-hybridized carbons (Fsp3) is 0.400. The van der Waals surface area contributed by atoms with Gasteiger partial charge in [0.25, 0.3) is 0 Å². The Bertz CT molecular complexity index is 721. The van der Waals surface area contributed by atoms with E-state index in [1.54, 1.807) is 12.6 Å². The van der Waals surface area contributed by atoms with Crippen LogP contribution in [0.1, 0.15) is 37.9 Å². The number of guanidine groups is 1. The number of H-pyrrole nitrogens is 1. The predicted octanol–water partition coefficient (Wildman–Crippen LogP) is 4.25. The largest absolute Gasteiger partial charge is 0.356 e. The van der Waals surface area contributed by atoms with Crippen molar-refractivity contribution in [2.45, 2.75) is 38.6 Å². The van der Waals surface area contributed by atoms with Crippen LogP contribution in [-0.2, 0) is 6.54 Å². The van der Waals surface area contributed by atoms with Gasteiger partial charge in [0.2, 0.25) is 0 Å². The Morgan fingerprint density at radius 2 is 2.04 bits per heavy atom. The number of allylic oxidation sites excluding steroid dienone is 1. The van der Waals surface area contributed by atoms with E-state index in [-0.39, 0.29) is 24.0 Å². The summed E-state index contributed by atoms with van der Waals surface area (Å²) in [7, 11) is 1.80. The molecule has 0 radical (unpaired) electrons. The third-order valence-corrected chi connectivity index (χ3v) is 4.48. The van der Waals surface area contributed by atoms with Crippen LogP contribution >= 0.6 is 24.0 Å². The first-order valence-electron chi connectivity index (χ1n) is 9.07. The summed E-state index contributed by atoms with van der Waals surface area (Å²) in [5.41, 5.74) is 3.75. The molecular weight excluding hydrogens is 437 g/mol. The number of rotatable bonds is 6. The summed E-state index contributed by atoms with van der Waals surface area (Å²) < 4.78 is 0. The number of aliphatic imine (C=N–C) groups is 1. The van der Waals surface area contributed by atoms with Gasteiger partial charge in [0.1, 0.15) is 5.82 Å². The summed E-state index contributed by atoms with van der Waals surface area (Å²) in [6.45, 7) is 1.54. The second kappa shape index (κ2) is 11.0. The van der Waals surface area contributed by atoms with Crippen LogP contribution in [0.25, 0.3) is 11.3 Å².